The summed E-state index contributed by atoms with van der Waals surface area (Å²) >= 11 is 0. The highest BCUT2D eigenvalue weighted by Crippen LogP contribution is 2.21. The zero-order valence-corrected chi connectivity index (χ0v) is 13.8. The predicted molar refractivity (Wildman–Crippen MR) is 88.1 cm³/mol. The molecule has 0 saturated carbocycles. The van der Waals surface area contributed by atoms with E-state index in [4.69, 9.17) is 0 Å². The van der Waals surface area contributed by atoms with Gasteiger partial charge in [0.05, 0.1) is 11.7 Å². The van der Waals surface area contributed by atoms with Crippen molar-refractivity contribution in [2.24, 2.45) is 5.41 Å². The number of aromatic nitrogens is 1. The van der Waals surface area contributed by atoms with E-state index in [-0.39, 0.29) is 17.4 Å². The van der Waals surface area contributed by atoms with Gasteiger partial charge in [-0.05, 0) is 43.7 Å². The Hall–Kier alpha value is -1.62. The van der Waals surface area contributed by atoms with Crippen LogP contribution in [0.4, 0.5) is 5.82 Å². The molecular formula is C17H27N3O2. The molecule has 0 spiro atoms. The summed E-state index contributed by atoms with van der Waals surface area (Å²) < 4.78 is 0. The Morgan fingerprint density at radius 1 is 1.41 bits per heavy atom. The molecule has 1 aromatic rings. The second-order valence-corrected chi connectivity index (χ2v) is 7.00. The molecule has 0 aliphatic carbocycles. The van der Waals surface area contributed by atoms with Crippen LogP contribution in [0, 0.1) is 5.41 Å². The fourth-order valence-corrected chi connectivity index (χ4v) is 2.95. The van der Waals surface area contributed by atoms with Crippen molar-refractivity contribution in [3.63, 3.8) is 0 Å². The molecule has 1 atom stereocenters. The second-order valence-electron chi connectivity index (χ2n) is 7.00. The van der Waals surface area contributed by atoms with Crippen molar-refractivity contribution < 1.29 is 9.90 Å². The molecule has 122 valence electrons. The van der Waals surface area contributed by atoms with Crippen LogP contribution in [0.5, 0.6) is 0 Å². The van der Waals surface area contributed by atoms with Gasteiger partial charge in [0.2, 0.25) is 0 Å². The number of hydrogen-bond donors (Lipinski definition) is 2. The Morgan fingerprint density at radius 2 is 2.09 bits per heavy atom. The molecule has 2 N–H and O–H groups in total. The average Bonchev–Trinajstić information content (AvgIpc) is 2.98. The molecule has 1 aliphatic heterocycles. The van der Waals surface area contributed by atoms with Crippen LogP contribution in [-0.2, 0) is 0 Å². The lowest BCUT2D eigenvalue weighted by molar-refractivity contribution is 0.0901. The zero-order chi connectivity index (χ0) is 16.2. The van der Waals surface area contributed by atoms with E-state index in [9.17, 15) is 9.90 Å². The largest absolute Gasteiger partial charge is 0.393 e. The Morgan fingerprint density at radius 3 is 2.64 bits per heavy atom. The number of anilines is 1. The molecule has 0 aromatic carbocycles. The van der Waals surface area contributed by atoms with E-state index in [1.165, 1.54) is 12.8 Å². The number of aliphatic hydroxyl groups excluding tert-OH is 1. The van der Waals surface area contributed by atoms with Gasteiger partial charge in [-0.25, -0.2) is 4.98 Å². The Balaban J connectivity index is 1.89. The minimum atomic E-state index is -0.367. The number of pyridine rings is 1. The first-order chi connectivity index (χ1) is 10.4. The van der Waals surface area contributed by atoms with Crippen LogP contribution in [0.1, 0.15) is 50.4 Å². The third kappa shape index (κ3) is 4.70. The minimum absolute atomic E-state index is 0.112. The fraction of sp³-hybridized carbons (Fsp3) is 0.647. The summed E-state index contributed by atoms with van der Waals surface area (Å²) in [6.07, 6.45) is 4.35. The van der Waals surface area contributed by atoms with Crippen molar-refractivity contribution in [2.75, 3.05) is 24.5 Å². The maximum Gasteiger partial charge on any atom is 0.252 e. The van der Waals surface area contributed by atoms with Gasteiger partial charge in [0.15, 0.2) is 0 Å². The van der Waals surface area contributed by atoms with Crippen LogP contribution in [0.3, 0.4) is 0 Å². The summed E-state index contributed by atoms with van der Waals surface area (Å²) in [7, 11) is 0. The van der Waals surface area contributed by atoms with Crippen LogP contribution >= 0.6 is 0 Å². The Labute approximate surface area is 132 Å². The number of aliphatic hydroxyl groups is 1. The van der Waals surface area contributed by atoms with Crippen LogP contribution < -0.4 is 10.2 Å². The molecule has 2 heterocycles. The fourth-order valence-electron chi connectivity index (χ4n) is 2.95. The predicted octanol–water partition coefficient (Wildman–Crippen LogP) is 2.21. The van der Waals surface area contributed by atoms with Gasteiger partial charge >= 0.3 is 0 Å². The molecule has 5 heteroatoms. The number of carbonyl (C=O) groups is 1. The van der Waals surface area contributed by atoms with E-state index in [0.717, 1.165) is 18.9 Å². The lowest BCUT2D eigenvalue weighted by Crippen LogP contribution is -2.35. The number of rotatable bonds is 6. The normalized spacial score (nSPS) is 16.6. The van der Waals surface area contributed by atoms with Gasteiger partial charge in [-0.3, -0.25) is 4.79 Å². The SMILES string of the molecule is CC(O)CC(C)(C)CNC(=O)c1ccc(N2CCCC2)nc1. The summed E-state index contributed by atoms with van der Waals surface area (Å²) in [4.78, 5) is 18.8. The molecule has 0 radical (unpaired) electrons. The van der Waals surface area contributed by atoms with Crippen LogP contribution in [0.2, 0.25) is 0 Å². The average molecular weight is 305 g/mol. The summed E-state index contributed by atoms with van der Waals surface area (Å²) in [6, 6.07) is 3.75. The van der Waals surface area contributed by atoms with Gasteiger partial charge in [0.1, 0.15) is 5.82 Å². The zero-order valence-electron chi connectivity index (χ0n) is 13.8. The molecule has 1 aromatic heterocycles. The lowest BCUT2D eigenvalue weighted by atomic mass is 9.87. The monoisotopic (exact) mass is 305 g/mol. The van der Waals surface area contributed by atoms with E-state index in [0.29, 0.717) is 18.5 Å². The van der Waals surface area contributed by atoms with Gasteiger partial charge in [-0.1, -0.05) is 13.8 Å². The molecule has 1 unspecified atom stereocenters. The Bertz CT molecular complexity index is 491. The third-order valence-electron chi connectivity index (χ3n) is 4.02. The topological polar surface area (TPSA) is 65.5 Å². The van der Waals surface area contributed by atoms with Crippen molar-refractivity contribution in [1.29, 1.82) is 0 Å². The number of amides is 1. The first-order valence-electron chi connectivity index (χ1n) is 8.05. The van der Waals surface area contributed by atoms with Gasteiger partial charge < -0.3 is 15.3 Å². The maximum absolute atomic E-state index is 12.2. The van der Waals surface area contributed by atoms with E-state index < -0.39 is 0 Å². The van der Waals surface area contributed by atoms with Gasteiger partial charge in [0.25, 0.3) is 5.91 Å². The highest BCUT2D eigenvalue weighted by atomic mass is 16.3. The molecular weight excluding hydrogens is 278 g/mol. The van der Waals surface area contributed by atoms with Crippen LogP contribution in [0.15, 0.2) is 18.3 Å². The van der Waals surface area contributed by atoms with Crippen molar-refractivity contribution >= 4 is 11.7 Å². The van der Waals surface area contributed by atoms with Crippen molar-refractivity contribution in [1.82, 2.24) is 10.3 Å². The summed E-state index contributed by atoms with van der Waals surface area (Å²) in [5.41, 5.74) is 0.447. The number of nitrogens with zero attached hydrogens (tertiary/aromatic N) is 2. The standard InChI is InChI=1S/C17H27N3O2/c1-13(21)10-17(2,3)12-19-16(22)14-6-7-15(18-11-14)20-8-4-5-9-20/h6-7,11,13,21H,4-5,8-10,12H2,1-3H3,(H,19,22). The number of carbonyl (C=O) groups excluding carboxylic acids is 1. The van der Waals surface area contributed by atoms with Gasteiger partial charge in [-0.2, -0.15) is 0 Å². The number of hydrogen-bond acceptors (Lipinski definition) is 4. The lowest BCUT2D eigenvalue weighted by Gasteiger charge is -2.26. The molecule has 22 heavy (non-hydrogen) atoms. The quantitative estimate of drug-likeness (QED) is 0.846. The minimum Gasteiger partial charge on any atom is -0.393 e. The molecule has 5 nitrogen and oxygen atoms in total. The number of nitrogens with one attached hydrogen (secondary N) is 1. The Kier molecular flexibility index (Phi) is 5.40. The van der Waals surface area contributed by atoms with Crippen molar-refractivity contribution in [3.8, 4) is 0 Å². The first kappa shape index (κ1) is 16.7. The van der Waals surface area contributed by atoms with Crippen molar-refractivity contribution in [2.45, 2.75) is 46.1 Å². The van der Waals surface area contributed by atoms with Crippen LogP contribution in [-0.4, -0.2) is 41.7 Å². The van der Waals surface area contributed by atoms with Gasteiger partial charge in [0, 0.05) is 25.8 Å². The van der Waals surface area contributed by atoms with E-state index in [1.807, 2.05) is 26.0 Å². The van der Waals surface area contributed by atoms with E-state index >= 15 is 0 Å². The molecule has 1 fully saturated rings. The summed E-state index contributed by atoms with van der Waals surface area (Å²) in [6.45, 7) is 8.47. The maximum atomic E-state index is 12.2. The molecule has 1 amide bonds. The van der Waals surface area contributed by atoms with Crippen LogP contribution in [0.25, 0.3) is 0 Å². The summed E-state index contributed by atoms with van der Waals surface area (Å²) in [5.74, 6) is 0.836. The smallest absolute Gasteiger partial charge is 0.252 e. The highest BCUT2D eigenvalue weighted by molar-refractivity contribution is 5.94. The second kappa shape index (κ2) is 7.09. The highest BCUT2D eigenvalue weighted by Gasteiger charge is 2.21. The van der Waals surface area contributed by atoms with Crippen molar-refractivity contribution in [3.05, 3.63) is 23.9 Å². The first-order valence-corrected chi connectivity index (χ1v) is 8.05. The molecule has 1 aliphatic rings. The van der Waals surface area contributed by atoms with Gasteiger partial charge in [-0.15, -0.1) is 0 Å². The van der Waals surface area contributed by atoms with E-state index in [1.54, 1.807) is 13.1 Å². The third-order valence-corrected chi connectivity index (χ3v) is 4.02. The molecule has 1 saturated heterocycles. The molecule has 2 rings (SSSR count). The molecule has 0 bridgehead atoms. The summed E-state index contributed by atoms with van der Waals surface area (Å²) in [5, 5.41) is 12.4. The van der Waals surface area contributed by atoms with E-state index in [2.05, 4.69) is 15.2 Å².